The van der Waals surface area contributed by atoms with Crippen LogP contribution >= 0.6 is 0 Å². The van der Waals surface area contributed by atoms with Crippen LogP contribution in [0.3, 0.4) is 0 Å². The maximum absolute atomic E-state index is 12.9. The van der Waals surface area contributed by atoms with Crippen LogP contribution in [0.15, 0.2) is 48.6 Å². The first-order chi connectivity index (χ1) is 25.8. The fourth-order valence-corrected chi connectivity index (χ4v) is 6.48. The molecule has 1 heterocycles. The Hall–Kier alpha value is -1.85. The minimum absolute atomic E-state index is 0.198. The molecule has 0 aromatic heterocycles. The minimum Gasteiger partial charge on any atom is -0.394 e. The van der Waals surface area contributed by atoms with Crippen molar-refractivity contribution in [1.82, 2.24) is 5.32 Å². The Labute approximate surface area is 323 Å². The highest BCUT2D eigenvalue weighted by atomic mass is 16.7. The fourth-order valence-electron chi connectivity index (χ4n) is 6.48. The van der Waals surface area contributed by atoms with E-state index in [0.29, 0.717) is 6.42 Å². The van der Waals surface area contributed by atoms with Gasteiger partial charge in [0.25, 0.3) is 0 Å². The molecule has 0 radical (unpaired) electrons. The number of aliphatic hydroxyl groups is 5. The zero-order valence-electron chi connectivity index (χ0n) is 33.5. The summed E-state index contributed by atoms with van der Waals surface area (Å²) in [5.74, 6) is -0.198. The second-order valence-electron chi connectivity index (χ2n) is 14.8. The molecule has 1 aliphatic rings. The van der Waals surface area contributed by atoms with Crippen molar-refractivity contribution < 1.29 is 39.8 Å². The monoisotopic (exact) mass is 750 g/mol. The summed E-state index contributed by atoms with van der Waals surface area (Å²) < 4.78 is 11.1. The van der Waals surface area contributed by atoms with E-state index in [4.69, 9.17) is 9.47 Å². The fraction of sp³-hybridized carbons (Fsp3) is 0.795. The highest BCUT2D eigenvalue weighted by molar-refractivity contribution is 5.76. The van der Waals surface area contributed by atoms with Crippen LogP contribution in [-0.2, 0) is 14.3 Å². The van der Waals surface area contributed by atoms with Gasteiger partial charge in [-0.15, -0.1) is 0 Å². The molecule has 0 aromatic rings. The van der Waals surface area contributed by atoms with Gasteiger partial charge in [0, 0.05) is 6.42 Å². The number of rotatable bonds is 34. The first kappa shape index (κ1) is 49.2. The van der Waals surface area contributed by atoms with Gasteiger partial charge in [-0.05, 0) is 64.7 Å². The number of carbonyl (C=O) groups excluding carboxylic acids is 1. The molecular weight excluding hydrogens is 670 g/mol. The van der Waals surface area contributed by atoms with E-state index in [1.807, 2.05) is 19.1 Å². The summed E-state index contributed by atoms with van der Waals surface area (Å²) in [6.45, 7) is 3.50. The molecule has 9 heteroatoms. The quantitative estimate of drug-likeness (QED) is 0.0285. The van der Waals surface area contributed by atoms with Crippen molar-refractivity contribution >= 4 is 5.91 Å². The third-order valence-electron chi connectivity index (χ3n) is 9.95. The van der Waals surface area contributed by atoms with Crippen LogP contribution in [0.25, 0.3) is 0 Å². The molecule has 0 aliphatic carbocycles. The Kier molecular flexibility index (Phi) is 32.1. The number of amides is 1. The standard InChI is InChI=1S/C44H79NO8/c1-3-5-7-9-11-13-14-15-16-17-18-19-20-21-22-23-24-26-28-30-32-34-40(48)45-37(38(47)33-31-29-27-25-12-10-8-6-4-2)36-52-44-43(51)42(50)41(49)39(35-46)53-44/h4,6,12,17-18,25,31,33,37-39,41-44,46-47,49-51H,3,5,7-11,13-16,19-24,26-30,32,34-36H2,1-2H3,(H,45,48)/b6-4+,18-17-,25-12+,33-31+. The first-order valence-electron chi connectivity index (χ1n) is 21.3. The second-order valence-corrected chi connectivity index (χ2v) is 14.8. The van der Waals surface area contributed by atoms with E-state index in [-0.39, 0.29) is 12.5 Å². The molecular formula is C44H79NO8. The molecule has 1 rings (SSSR count). The molecule has 0 saturated carbocycles. The molecule has 1 saturated heterocycles. The first-order valence-corrected chi connectivity index (χ1v) is 21.3. The number of hydrogen-bond acceptors (Lipinski definition) is 8. The van der Waals surface area contributed by atoms with Crippen LogP contribution in [0.2, 0.25) is 0 Å². The average Bonchev–Trinajstić information content (AvgIpc) is 3.16. The highest BCUT2D eigenvalue weighted by Crippen LogP contribution is 2.22. The van der Waals surface area contributed by atoms with E-state index in [1.165, 1.54) is 103 Å². The number of nitrogens with one attached hydrogen (secondary N) is 1. The lowest BCUT2D eigenvalue weighted by molar-refractivity contribution is -0.302. The largest absolute Gasteiger partial charge is 0.394 e. The van der Waals surface area contributed by atoms with Crippen LogP contribution in [-0.4, -0.2) is 87.5 Å². The Morgan fingerprint density at radius 3 is 1.70 bits per heavy atom. The number of allylic oxidation sites excluding steroid dienone is 7. The molecule has 0 spiro atoms. The zero-order valence-corrected chi connectivity index (χ0v) is 33.5. The molecule has 1 amide bonds. The molecule has 308 valence electrons. The van der Waals surface area contributed by atoms with Crippen LogP contribution in [0.5, 0.6) is 0 Å². The molecule has 0 bridgehead atoms. The van der Waals surface area contributed by atoms with Crippen molar-refractivity contribution in [3.05, 3.63) is 48.6 Å². The Balaban J connectivity index is 2.31. The third-order valence-corrected chi connectivity index (χ3v) is 9.95. The van der Waals surface area contributed by atoms with Gasteiger partial charge < -0.3 is 40.3 Å². The van der Waals surface area contributed by atoms with Crippen molar-refractivity contribution in [3.63, 3.8) is 0 Å². The second kappa shape index (κ2) is 34.6. The Morgan fingerprint density at radius 2 is 1.15 bits per heavy atom. The number of carbonyl (C=O) groups is 1. The van der Waals surface area contributed by atoms with Crippen LogP contribution in [0, 0.1) is 0 Å². The van der Waals surface area contributed by atoms with E-state index < -0.39 is 49.5 Å². The lowest BCUT2D eigenvalue weighted by Gasteiger charge is -2.40. The summed E-state index contributed by atoms with van der Waals surface area (Å²) in [4.78, 5) is 12.9. The normalized spacial score (nSPS) is 22.1. The van der Waals surface area contributed by atoms with Crippen molar-refractivity contribution in [2.45, 2.75) is 211 Å². The molecule has 7 unspecified atom stereocenters. The van der Waals surface area contributed by atoms with Gasteiger partial charge in [-0.25, -0.2) is 0 Å². The van der Waals surface area contributed by atoms with Gasteiger partial charge in [0.15, 0.2) is 6.29 Å². The van der Waals surface area contributed by atoms with Gasteiger partial charge in [0.05, 0.1) is 25.4 Å². The van der Waals surface area contributed by atoms with E-state index in [2.05, 4.69) is 42.6 Å². The smallest absolute Gasteiger partial charge is 0.220 e. The molecule has 7 atom stereocenters. The summed E-state index contributed by atoms with van der Waals surface area (Å²) in [7, 11) is 0. The lowest BCUT2D eigenvalue weighted by atomic mass is 9.99. The molecule has 53 heavy (non-hydrogen) atoms. The summed E-state index contributed by atoms with van der Waals surface area (Å²) in [5.41, 5.74) is 0. The van der Waals surface area contributed by atoms with Crippen molar-refractivity contribution in [2.75, 3.05) is 13.2 Å². The summed E-state index contributed by atoms with van der Waals surface area (Å²) in [6, 6.07) is -0.826. The average molecular weight is 750 g/mol. The summed E-state index contributed by atoms with van der Waals surface area (Å²) >= 11 is 0. The predicted molar refractivity (Wildman–Crippen MR) is 216 cm³/mol. The van der Waals surface area contributed by atoms with Gasteiger partial charge in [-0.3, -0.25) is 4.79 Å². The number of hydrogen-bond donors (Lipinski definition) is 6. The zero-order chi connectivity index (χ0) is 38.8. The number of aliphatic hydroxyl groups excluding tert-OH is 5. The molecule has 1 aliphatic heterocycles. The minimum atomic E-state index is -1.57. The van der Waals surface area contributed by atoms with Gasteiger partial charge >= 0.3 is 0 Å². The van der Waals surface area contributed by atoms with Crippen LogP contribution < -0.4 is 5.32 Å². The predicted octanol–water partition coefficient (Wildman–Crippen LogP) is 8.28. The maximum Gasteiger partial charge on any atom is 0.220 e. The van der Waals surface area contributed by atoms with E-state index in [1.54, 1.807) is 6.08 Å². The topological polar surface area (TPSA) is 149 Å². The Morgan fingerprint density at radius 1 is 0.660 bits per heavy atom. The maximum atomic E-state index is 12.9. The van der Waals surface area contributed by atoms with Crippen LogP contribution in [0.1, 0.15) is 168 Å². The lowest BCUT2D eigenvalue weighted by Crippen LogP contribution is -2.60. The van der Waals surface area contributed by atoms with Crippen LogP contribution in [0.4, 0.5) is 0 Å². The van der Waals surface area contributed by atoms with Crippen molar-refractivity contribution in [2.24, 2.45) is 0 Å². The van der Waals surface area contributed by atoms with Gasteiger partial charge in [0.1, 0.15) is 24.4 Å². The Bertz CT molecular complexity index is 967. The van der Waals surface area contributed by atoms with E-state index in [9.17, 15) is 30.3 Å². The van der Waals surface area contributed by atoms with E-state index in [0.717, 1.165) is 44.9 Å². The SMILES string of the molecule is C/C=C/CC/C=C/CC/C=C/C(O)C(COC1OC(CO)C(O)C(O)C1O)NC(=O)CCCCCCCCCCC/C=C\CCCCCCCCCC. The van der Waals surface area contributed by atoms with Gasteiger partial charge in [0.2, 0.25) is 5.91 Å². The third kappa shape index (κ3) is 25.8. The van der Waals surface area contributed by atoms with Crippen molar-refractivity contribution in [3.8, 4) is 0 Å². The van der Waals surface area contributed by atoms with E-state index >= 15 is 0 Å². The van der Waals surface area contributed by atoms with Crippen molar-refractivity contribution in [1.29, 1.82) is 0 Å². The molecule has 9 nitrogen and oxygen atoms in total. The number of unbranched alkanes of at least 4 members (excludes halogenated alkanes) is 19. The number of ether oxygens (including phenoxy) is 2. The highest BCUT2D eigenvalue weighted by Gasteiger charge is 2.44. The summed E-state index contributed by atoms with van der Waals surface area (Å²) in [6.07, 6.45) is 36.2. The molecule has 1 fully saturated rings. The molecule has 6 N–H and O–H groups in total. The van der Waals surface area contributed by atoms with Gasteiger partial charge in [-0.2, -0.15) is 0 Å². The summed E-state index contributed by atoms with van der Waals surface area (Å²) in [5, 5.41) is 53.9. The molecule has 0 aromatic carbocycles. The van der Waals surface area contributed by atoms with Gasteiger partial charge in [-0.1, -0.05) is 145 Å².